The first-order chi connectivity index (χ1) is 10.8. The van der Waals surface area contributed by atoms with Crippen molar-refractivity contribution in [3.63, 3.8) is 0 Å². The first-order valence-corrected chi connectivity index (χ1v) is 8.61. The number of benzene rings is 1. The number of fused-ring (bicyclic) bond motifs is 1. The molecule has 1 aromatic heterocycles. The fourth-order valence-corrected chi connectivity index (χ4v) is 3.93. The lowest BCUT2D eigenvalue weighted by atomic mass is 10.1. The summed E-state index contributed by atoms with van der Waals surface area (Å²) in [5.74, 6) is 0.596. The number of amides is 1. The average molecular weight is 318 g/mol. The number of carbonyl (C=O) groups excluding carboxylic acids is 1. The lowest BCUT2D eigenvalue weighted by Crippen LogP contribution is -2.31. The second-order valence-electron chi connectivity index (χ2n) is 5.80. The zero-order chi connectivity index (χ0) is 15.4. The number of nitrogens with zero attached hydrogens (tertiary/aromatic N) is 1. The van der Waals surface area contributed by atoms with Gasteiger partial charge in [0.05, 0.1) is 12.2 Å². The molecule has 118 valence electrons. The van der Waals surface area contributed by atoms with E-state index in [9.17, 15) is 4.79 Å². The third-order valence-corrected chi connectivity index (χ3v) is 5.22. The minimum absolute atomic E-state index is 0.0489. The van der Waals surface area contributed by atoms with Gasteiger partial charge in [-0.3, -0.25) is 4.79 Å². The third-order valence-electron chi connectivity index (χ3n) is 4.26. The van der Waals surface area contributed by atoms with E-state index in [0.29, 0.717) is 5.92 Å². The van der Waals surface area contributed by atoms with Crippen LogP contribution in [0.5, 0.6) is 0 Å². The fourth-order valence-electron chi connectivity index (χ4n) is 2.99. The Morgan fingerprint density at radius 2 is 2.32 bits per heavy atom. The van der Waals surface area contributed by atoms with Crippen LogP contribution in [0.4, 0.5) is 0 Å². The summed E-state index contributed by atoms with van der Waals surface area (Å²) in [7, 11) is 1.74. The summed E-state index contributed by atoms with van der Waals surface area (Å²) in [4.78, 5) is 14.8. The van der Waals surface area contributed by atoms with Crippen LogP contribution >= 0.6 is 11.3 Å². The molecule has 2 heterocycles. The number of nitrogens with one attached hydrogen (secondary N) is 1. The molecule has 1 aromatic carbocycles. The van der Waals surface area contributed by atoms with Gasteiger partial charge in [0, 0.05) is 42.2 Å². The van der Waals surface area contributed by atoms with Gasteiger partial charge in [0.2, 0.25) is 0 Å². The number of rotatable bonds is 6. The predicted octanol–water partition coefficient (Wildman–Crippen LogP) is 2.60. The van der Waals surface area contributed by atoms with Crippen molar-refractivity contribution in [2.45, 2.75) is 6.42 Å². The zero-order valence-electron chi connectivity index (χ0n) is 12.9. The first-order valence-electron chi connectivity index (χ1n) is 7.73. The van der Waals surface area contributed by atoms with E-state index in [-0.39, 0.29) is 5.91 Å². The van der Waals surface area contributed by atoms with Crippen LogP contribution in [0.25, 0.3) is 10.1 Å². The van der Waals surface area contributed by atoms with Crippen molar-refractivity contribution in [1.29, 1.82) is 0 Å². The highest BCUT2D eigenvalue weighted by Crippen LogP contribution is 2.25. The second kappa shape index (κ2) is 7.22. The second-order valence-corrected chi connectivity index (χ2v) is 6.71. The third kappa shape index (κ3) is 3.48. The van der Waals surface area contributed by atoms with Gasteiger partial charge in [0.1, 0.15) is 0 Å². The van der Waals surface area contributed by atoms with E-state index in [2.05, 4.69) is 16.3 Å². The van der Waals surface area contributed by atoms with Crippen molar-refractivity contribution >= 4 is 27.3 Å². The Morgan fingerprint density at radius 3 is 3.18 bits per heavy atom. The maximum atomic E-state index is 12.4. The van der Waals surface area contributed by atoms with Crippen LogP contribution in [-0.2, 0) is 4.74 Å². The SMILES string of the molecule is COCCN1CCC(CNC(=O)c2csc3ccccc23)C1. The van der Waals surface area contributed by atoms with Crippen LogP contribution in [0.15, 0.2) is 29.6 Å². The Bertz CT molecular complexity index is 640. The summed E-state index contributed by atoms with van der Waals surface area (Å²) in [5, 5.41) is 6.12. The maximum absolute atomic E-state index is 12.4. The lowest BCUT2D eigenvalue weighted by molar-refractivity contribution is 0.0949. The van der Waals surface area contributed by atoms with E-state index >= 15 is 0 Å². The van der Waals surface area contributed by atoms with Crippen molar-refractivity contribution in [3.05, 3.63) is 35.2 Å². The smallest absolute Gasteiger partial charge is 0.252 e. The number of methoxy groups -OCH3 is 1. The van der Waals surface area contributed by atoms with Gasteiger partial charge < -0.3 is 15.0 Å². The highest BCUT2D eigenvalue weighted by Gasteiger charge is 2.23. The molecular weight excluding hydrogens is 296 g/mol. The minimum atomic E-state index is 0.0489. The van der Waals surface area contributed by atoms with Crippen molar-refractivity contribution in [3.8, 4) is 0 Å². The van der Waals surface area contributed by atoms with Crippen LogP contribution in [0.1, 0.15) is 16.8 Å². The molecule has 0 bridgehead atoms. The molecular formula is C17H22N2O2S. The molecule has 3 rings (SSSR count). The van der Waals surface area contributed by atoms with Gasteiger partial charge in [-0.25, -0.2) is 0 Å². The molecule has 0 radical (unpaired) electrons. The Morgan fingerprint density at radius 1 is 1.45 bits per heavy atom. The first kappa shape index (κ1) is 15.5. The molecule has 22 heavy (non-hydrogen) atoms. The average Bonchev–Trinajstić information content (AvgIpc) is 3.17. The molecule has 2 aromatic rings. The van der Waals surface area contributed by atoms with Crippen molar-refractivity contribution in [2.75, 3.05) is 39.9 Å². The number of thiophene rings is 1. The predicted molar refractivity (Wildman–Crippen MR) is 90.6 cm³/mol. The quantitative estimate of drug-likeness (QED) is 0.890. The van der Waals surface area contributed by atoms with Crippen LogP contribution in [-0.4, -0.2) is 50.7 Å². The summed E-state index contributed by atoms with van der Waals surface area (Å²) >= 11 is 1.63. The lowest BCUT2D eigenvalue weighted by Gasteiger charge is -2.15. The highest BCUT2D eigenvalue weighted by atomic mass is 32.1. The molecule has 0 spiro atoms. The van der Waals surface area contributed by atoms with Gasteiger partial charge in [0.25, 0.3) is 5.91 Å². The normalized spacial score (nSPS) is 18.9. The number of ether oxygens (including phenoxy) is 1. The van der Waals surface area contributed by atoms with Crippen LogP contribution in [0.2, 0.25) is 0 Å². The van der Waals surface area contributed by atoms with E-state index in [1.54, 1.807) is 18.4 Å². The maximum Gasteiger partial charge on any atom is 0.252 e. The fraction of sp³-hybridized carbons (Fsp3) is 0.471. The summed E-state index contributed by atoms with van der Waals surface area (Å²) in [5.41, 5.74) is 0.801. The Kier molecular flexibility index (Phi) is 5.08. The van der Waals surface area contributed by atoms with Gasteiger partial charge in [-0.15, -0.1) is 11.3 Å². The standard InChI is InChI=1S/C17H22N2O2S/c1-21-9-8-19-7-6-13(11-19)10-18-17(20)15-12-22-16-5-3-2-4-14(15)16/h2-5,12-13H,6-11H2,1H3,(H,18,20). The van der Waals surface area contributed by atoms with E-state index in [1.165, 1.54) is 4.70 Å². The van der Waals surface area contributed by atoms with Gasteiger partial charge in [-0.05, 0) is 24.9 Å². The Labute approximate surface area is 135 Å². The minimum Gasteiger partial charge on any atom is -0.383 e. The summed E-state index contributed by atoms with van der Waals surface area (Å²) in [6.07, 6.45) is 1.15. The number of likely N-dealkylation sites (tertiary alicyclic amines) is 1. The largest absolute Gasteiger partial charge is 0.383 e. The molecule has 5 heteroatoms. The topological polar surface area (TPSA) is 41.6 Å². The monoisotopic (exact) mass is 318 g/mol. The van der Waals surface area contributed by atoms with Crippen LogP contribution < -0.4 is 5.32 Å². The summed E-state index contributed by atoms with van der Waals surface area (Å²) in [6, 6.07) is 8.06. The molecule has 1 saturated heterocycles. The van der Waals surface area contributed by atoms with E-state index in [0.717, 1.165) is 50.2 Å². The van der Waals surface area contributed by atoms with Crippen LogP contribution in [0.3, 0.4) is 0 Å². The molecule has 1 amide bonds. The molecule has 1 fully saturated rings. The Balaban J connectivity index is 1.53. The van der Waals surface area contributed by atoms with Gasteiger partial charge >= 0.3 is 0 Å². The van der Waals surface area contributed by atoms with E-state index in [1.807, 2.05) is 23.6 Å². The summed E-state index contributed by atoms with van der Waals surface area (Å²) < 4.78 is 6.28. The van der Waals surface area contributed by atoms with Gasteiger partial charge in [-0.2, -0.15) is 0 Å². The molecule has 1 aliphatic heterocycles. The van der Waals surface area contributed by atoms with Gasteiger partial charge in [-0.1, -0.05) is 18.2 Å². The van der Waals surface area contributed by atoms with Crippen molar-refractivity contribution in [1.82, 2.24) is 10.2 Å². The van der Waals surface area contributed by atoms with Crippen molar-refractivity contribution in [2.24, 2.45) is 5.92 Å². The molecule has 0 saturated carbocycles. The van der Waals surface area contributed by atoms with E-state index < -0.39 is 0 Å². The zero-order valence-corrected chi connectivity index (χ0v) is 13.7. The highest BCUT2D eigenvalue weighted by molar-refractivity contribution is 7.17. The molecule has 1 unspecified atom stereocenters. The molecule has 1 aliphatic rings. The number of hydrogen-bond acceptors (Lipinski definition) is 4. The molecule has 1 N–H and O–H groups in total. The number of hydrogen-bond donors (Lipinski definition) is 1. The molecule has 4 nitrogen and oxygen atoms in total. The van der Waals surface area contributed by atoms with E-state index in [4.69, 9.17) is 4.74 Å². The van der Waals surface area contributed by atoms with Gasteiger partial charge in [0.15, 0.2) is 0 Å². The Hall–Kier alpha value is -1.43. The summed E-state index contributed by atoms with van der Waals surface area (Å²) in [6.45, 7) is 4.67. The van der Waals surface area contributed by atoms with Crippen molar-refractivity contribution < 1.29 is 9.53 Å². The molecule has 0 aliphatic carbocycles. The van der Waals surface area contributed by atoms with Crippen LogP contribution in [0, 0.1) is 5.92 Å². The number of carbonyl (C=O) groups is 1. The molecule has 1 atom stereocenters.